The number of aliphatic hydroxyl groups is 1. The SMILES string of the molecule is CCC[C@@H](O[Si](CC)(CC)CC)[C@H](C)[C@@H]1O[C@]1(C)CO. The van der Waals surface area contributed by atoms with Gasteiger partial charge in [0.25, 0.3) is 0 Å². The van der Waals surface area contributed by atoms with Crippen molar-refractivity contribution in [2.45, 2.75) is 90.3 Å². The zero-order valence-corrected chi connectivity index (χ0v) is 15.2. The van der Waals surface area contributed by atoms with E-state index in [1.165, 1.54) is 18.1 Å². The summed E-state index contributed by atoms with van der Waals surface area (Å²) in [5, 5.41) is 9.41. The Hall–Kier alpha value is 0.0969. The van der Waals surface area contributed by atoms with Crippen molar-refractivity contribution in [3.8, 4) is 0 Å². The Morgan fingerprint density at radius 3 is 2.10 bits per heavy atom. The molecule has 1 N–H and O–H groups in total. The lowest BCUT2D eigenvalue weighted by Gasteiger charge is -2.36. The van der Waals surface area contributed by atoms with Crippen molar-refractivity contribution < 1.29 is 14.3 Å². The highest BCUT2D eigenvalue weighted by Gasteiger charge is 2.56. The first-order valence-electron chi connectivity index (χ1n) is 8.38. The minimum absolute atomic E-state index is 0.110. The molecule has 120 valence electrons. The number of aliphatic hydroxyl groups excluding tert-OH is 1. The van der Waals surface area contributed by atoms with Crippen LogP contribution in [0.4, 0.5) is 0 Å². The normalized spacial score (nSPS) is 29.2. The van der Waals surface area contributed by atoms with Crippen LogP contribution in [0, 0.1) is 5.92 Å². The smallest absolute Gasteiger partial charge is 0.192 e. The van der Waals surface area contributed by atoms with Crippen LogP contribution in [0.1, 0.15) is 54.4 Å². The summed E-state index contributed by atoms with van der Waals surface area (Å²) >= 11 is 0. The van der Waals surface area contributed by atoms with Gasteiger partial charge in [-0.3, -0.25) is 0 Å². The molecule has 1 rings (SSSR count). The first kappa shape index (κ1) is 18.1. The number of hydrogen-bond donors (Lipinski definition) is 1. The standard InChI is InChI=1S/C16H34O3Si/c1-7-11-14(19-20(8-2,9-3)10-4)13(5)15-16(6,12-17)18-15/h13-15,17H,7-12H2,1-6H3/t13-,14+,15-,16+/m0/s1. The first-order valence-corrected chi connectivity index (χ1v) is 10.9. The van der Waals surface area contributed by atoms with Gasteiger partial charge in [0.15, 0.2) is 8.32 Å². The number of epoxide rings is 1. The average Bonchev–Trinajstić information content (AvgIpc) is 3.16. The lowest BCUT2D eigenvalue weighted by Crippen LogP contribution is -2.43. The maximum Gasteiger partial charge on any atom is 0.192 e. The molecule has 0 aromatic carbocycles. The van der Waals surface area contributed by atoms with Gasteiger partial charge in [0.2, 0.25) is 0 Å². The van der Waals surface area contributed by atoms with Gasteiger partial charge in [0.05, 0.1) is 18.8 Å². The monoisotopic (exact) mass is 302 g/mol. The fourth-order valence-electron chi connectivity index (χ4n) is 3.28. The molecule has 1 aliphatic heterocycles. The molecule has 0 spiro atoms. The lowest BCUT2D eigenvalue weighted by molar-refractivity contribution is 0.102. The van der Waals surface area contributed by atoms with E-state index in [4.69, 9.17) is 9.16 Å². The topological polar surface area (TPSA) is 42.0 Å². The van der Waals surface area contributed by atoms with Crippen molar-refractivity contribution >= 4 is 8.32 Å². The highest BCUT2D eigenvalue weighted by atomic mass is 28.4. The molecule has 1 aliphatic rings. The summed E-state index contributed by atoms with van der Waals surface area (Å²) in [4.78, 5) is 0. The Bertz CT molecular complexity index is 285. The molecule has 4 heteroatoms. The fourth-order valence-corrected chi connectivity index (χ4v) is 6.25. The summed E-state index contributed by atoms with van der Waals surface area (Å²) < 4.78 is 12.4. The molecule has 1 heterocycles. The molecule has 20 heavy (non-hydrogen) atoms. The van der Waals surface area contributed by atoms with E-state index >= 15 is 0 Å². The van der Waals surface area contributed by atoms with Crippen LogP contribution >= 0.6 is 0 Å². The van der Waals surface area contributed by atoms with Gasteiger partial charge in [-0.15, -0.1) is 0 Å². The van der Waals surface area contributed by atoms with Crippen LogP contribution in [0.2, 0.25) is 18.1 Å². The lowest BCUT2D eigenvalue weighted by atomic mass is 9.91. The van der Waals surface area contributed by atoms with Crippen LogP contribution < -0.4 is 0 Å². The number of ether oxygens (including phenoxy) is 1. The van der Waals surface area contributed by atoms with Gasteiger partial charge in [0.1, 0.15) is 5.60 Å². The first-order chi connectivity index (χ1) is 9.41. The molecule has 0 unspecified atom stereocenters. The van der Waals surface area contributed by atoms with Gasteiger partial charge in [-0.2, -0.15) is 0 Å². The van der Waals surface area contributed by atoms with E-state index in [9.17, 15) is 5.11 Å². The third kappa shape index (κ3) is 3.84. The van der Waals surface area contributed by atoms with Crippen molar-refractivity contribution in [3.63, 3.8) is 0 Å². The number of rotatable bonds is 10. The van der Waals surface area contributed by atoms with Crippen LogP contribution in [0.15, 0.2) is 0 Å². The highest BCUT2D eigenvalue weighted by Crippen LogP contribution is 2.43. The third-order valence-corrected chi connectivity index (χ3v) is 9.90. The van der Waals surface area contributed by atoms with Crippen molar-refractivity contribution in [2.75, 3.05) is 6.61 Å². The largest absolute Gasteiger partial charge is 0.414 e. The molecule has 0 bridgehead atoms. The van der Waals surface area contributed by atoms with E-state index in [1.807, 2.05) is 6.92 Å². The van der Waals surface area contributed by atoms with E-state index < -0.39 is 8.32 Å². The second-order valence-electron chi connectivity index (χ2n) is 6.56. The molecule has 0 radical (unpaired) electrons. The summed E-state index contributed by atoms with van der Waals surface area (Å²) in [6.45, 7) is 13.4. The predicted molar refractivity (Wildman–Crippen MR) is 86.5 cm³/mol. The van der Waals surface area contributed by atoms with Crippen LogP contribution in [0.3, 0.4) is 0 Å². The molecule has 1 saturated heterocycles. The Kier molecular flexibility index (Phi) is 6.70. The predicted octanol–water partition coefficient (Wildman–Crippen LogP) is 3.96. The van der Waals surface area contributed by atoms with Gasteiger partial charge in [0, 0.05) is 5.92 Å². The summed E-state index contributed by atoms with van der Waals surface area (Å²) in [7, 11) is -1.57. The molecule has 1 fully saturated rings. The zero-order chi connectivity index (χ0) is 15.4. The van der Waals surface area contributed by atoms with Crippen LogP contribution in [0.5, 0.6) is 0 Å². The molecule has 0 aliphatic carbocycles. The van der Waals surface area contributed by atoms with E-state index in [-0.39, 0.29) is 24.4 Å². The Morgan fingerprint density at radius 1 is 1.20 bits per heavy atom. The minimum Gasteiger partial charge on any atom is -0.414 e. The van der Waals surface area contributed by atoms with Gasteiger partial charge < -0.3 is 14.3 Å². The average molecular weight is 303 g/mol. The maximum absolute atomic E-state index is 9.41. The molecular weight excluding hydrogens is 268 g/mol. The highest BCUT2D eigenvalue weighted by molar-refractivity contribution is 6.73. The van der Waals surface area contributed by atoms with Crippen LogP contribution in [-0.4, -0.2) is 37.8 Å². The summed E-state index contributed by atoms with van der Waals surface area (Å²) in [5.41, 5.74) is -0.330. The molecule has 0 aromatic rings. The fraction of sp³-hybridized carbons (Fsp3) is 1.00. The van der Waals surface area contributed by atoms with Crippen molar-refractivity contribution in [1.82, 2.24) is 0 Å². The Morgan fingerprint density at radius 2 is 1.75 bits per heavy atom. The van der Waals surface area contributed by atoms with Gasteiger partial charge >= 0.3 is 0 Å². The summed E-state index contributed by atoms with van der Waals surface area (Å²) in [6, 6.07) is 3.57. The van der Waals surface area contributed by atoms with E-state index in [0.717, 1.165) is 12.8 Å². The zero-order valence-electron chi connectivity index (χ0n) is 14.2. The Labute approximate surface area is 126 Å². The number of hydrogen-bond acceptors (Lipinski definition) is 3. The Balaban J connectivity index is 2.74. The van der Waals surface area contributed by atoms with Crippen molar-refractivity contribution in [1.29, 1.82) is 0 Å². The van der Waals surface area contributed by atoms with Crippen LogP contribution in [0.25, 0.3) is 0 Å². The third-order valence-electron chi connectivity index (χ3n) is 5.23. The van der Waals surface area contributed by atoms with E-state index in [0.29, 0.717) is 5.92 Å². The second kappa shape index (κ2) is 7.39. The molecule has 0 amide bonds. The van der Waals surface area contributed by atoms with Gasteiger partial charge in [-0.1, -0.05) is 41.0 Å². The quantitative estimate of drug-likeness (QED) is 0.490. The van der Waals surface area contributed by atoms with Gasteiger partial charge in [-0.25, -0.2) is 0 Å². The maximum atomic E-state index is 9.41. The van der Waals surface area contributed by atoms with E-state index in [1.54, 1.807) is 0 Å². The molecule has 0 saturated carbocycles. The molecular formula is C16H34O3Si. The van der Waals surface area contributed by atoms with Gasteiger partial charge in [-0.05, 0) is 31.5 Å². The minimum atomic E-state index is -1.57. The second-order valence-corrected chi connectivity index (χ2v) is 11.3. The summed E-state index contributed by atoms with van der Waals surface area (Å²) in [6.07, 6.45) is 2.67. The molecule has 4 atom stereocenters. The molecule has 0 aromatic heterocycles. The van der Waals surface area contributed by atoms with Crippen LogP contribution in [-0.2, 0) is 9.16 Å². The van der Waals surface area contributed by atoms with E-state index in [2.05, 4.69) is 34.6 Å². The molecule has 3 nitrogen and oxygen atoms in total. The van der Waals surface area contributed by atoms with Crippen molar-refractivity contribution in [3.05, 3.63) is 0 Å². The van der Waals surface area contributed by atoms with Crippen molar-refractivity contribution in [2.24, 2.45) is 5.92 Å². The summed E-state index contributed by atoms with van der Waals surface area (Å²) in [5.74, 6) is 0.364.